The zero-order chi connectivity index (χ0) is 16.8. The number of aromatic nitrogens is 3. The Labute approximate surface area is 144 Å². The number of anilines is 1. The van der Waals surface area contributed by atoms with Gasteiger partial charge < -0.3 is 4.55 Å². The lowest BCUT2D eigenvalue weighted by Gasteiger charge is -2.12. The van der Waals surface area contributed by atoms with Gasteiger partial charge in [0.1, 0.15) is 11.9 Å². The highest BCUT2D eigenvalue weighted by Crippen LogP contribution is 2.31. The fourth-order valence-electron chi connectivity index (χ4n) is 1.91. The van der Waals surface area contributed by atoms with Crippen molar-refractivity contribution in [3.05, 3.63) is 34.3 Å². The Hall–Kier alpha value is -1.33. The van der Waals surface area contributed by atoms with E-state index >= 15 is 0 Å². The van der Waals surface area contributed by atoms with Crippen LogP contribution in [0.4, 0.5) is 5.69 Å². The number of benzene rings is 1. The molecule has 7 nitrogen and oxygen atoms in total. The molecule has 2 heterocycles. The summed E-state index contributed by atoms with van der Waals surface area (Å²) in [5.74, 6) is 0. The van der Waals surface area contributed by atoms with Gasteiger partial charge in [-0.25, -0.2) is 4.52 Å². The molecule has 0 radical (unpaired) electrons. The van der Waals surface area contributed by atoms with Crippen LogP contribution in [0.5, 0.6) is 0 Å². The lowest BCUT2D eigenvalue weighted by Crippen LogP contribution is -2.17. The van der Waals surface area contributed by atoms with Crippen LogP contribution in [0.15, 0.2) is 33.6 Å². The lowest BCUT2D eigenvalue weighted by atomic mass is 10.3. The van der Waals surface area contributed by atoms with E-state index in [1.54, 1.807) is 19.1 Å². The molecule has 11 heteroatoms. The van der Waals surface area contributed by atoms with Crippen LogP contribution in [0.2, 0.25) is 5.02 Å². The van der Waals surface area contributed by atoms with E-state index in [1.807, 2.05) is 5.38 Å². The molecule has 0 amide bonds. The highest BCUT2D eigenvalue weighted by molar-refractivity contribution is 7.93. The third kappa shape index (κ3) is 3.04. The minimum atomic E-state index is -4.05. The second kappa shape index (κ2) is 5.95. The van der Waals surface area contributed by atoms with Gasteiger partial charge in [0.05, 0.1) is 10.7 Å². The Morgan fingerprint density at radius 2 is 2.17 bits per heavy atom. The van der Waals surface area contributed by atoms with E-state index in [1.165, 1.54) is 28.2 Å². The number of aryl methyl sites for hydroxylation is 1. The number of hydrogen-bond donors (Lipinski definition) is 1. The van der Waals surface area contributed by atoms with Crippen molar-refractivity contribution < 1.29 is 13.0 Å². The molecule has 122 valence electrons. The first-order valence-corrected chi connectivity index (χ1v) is 10.5. The maximum absolute atomic E-state index is 12.5. The molecule has 1 N–H and O–H groups in total. The summed E-state index contributed by atoms with van der Waals surface area (Å²) >= 11 is 5.93. The Morgan fingerprint density at radius 1 is 1.43 bits per heavy atom. The third-order valence-electron chi connectivity index (χ3n) is 2.99. The molecule has 0 bridgehead atoms. The van der Waals surface area contributed by atoms with E-state index in [4.69, 9.17) is 11.6 Å². The third-order valence-corrected chi connectivity index (χ3v) is 6.32. The number of para-hydroxylation sites is 1. The number of nitrogens with zero attached hydrogens (tertiary/aromatic N) is 3. The van der Waals surface area contributed by atoms with Gasteiger partial charge in [-0.05, 0) is 30.2 Å². The van der Waals surface area contributed by atoms with Crippen LogP contribution in [0.3, 0.4) is 0 Å². The van der Waals surface area contributed by atoms with Crippen LogP contribution in [-0.2, 0) is 21.2 Å². The fourth-order valence-corrected chi connectivity index (χ4v) is 4.86. The van der Waals surface area contributed by atoms with Crippen molar-refractivity contribution in [1.29, 1.82) is 0 Å². The van der Waals surface area contributed by atoms with E-state index in [9.17, 15) is 13.0 Å². The number of halogens is 1. The Balaban J connectivity index is 2.05. The predicted octanol–water partition coefficient (Wildman–Crippen LogP) is 2.29. The minimum absolute atomic E-state index is 0.0740. The molecule has 1 atom stereocenters. The zero-order valence-corrected chi connectivity index (χ0v) is 15.2. The molecule has 0 saturated carbocycles. The monoisotopic (exact) mass is 390 g/mol. The summed E-state index contributed by atoms with van der Waals surface area (Å²) < 4.78 is 40.6. The molecule has 0 aliphatic heterocycles. The van der Waals surface area contributed by atoms with Gasteiger partial charge in [0.2, 0.25) is 4.96 Å². The first kappa shape index (κ1) is 16.5. The number of fused-ring (bicyclic) bond motifs is 1. The molecule has 1 aromatic carbocycles. The van der Waals surface area contributed by atoms with Gasteiger partial charge in [-0.1, -0.05) is 17.7 Å². The number of thiazole rings is 1. The second-order valence-electron chi connectivity index (χ2n) is 4.64. The molecule has 0 aliphatic carbocycles. The van der Waals surface area contributed by atoms with Crippen molar-refractivity contribution in [2.45, 2.75) is 17.0 Å². The average molecular weight is 391 g/mol. The molecule has 3 rings (SSSR count). The summed E-state index contributed by atoms with van der Waals surface area (Å²) in [5, 5.41) is 5.61. The average Bonchev–Trinajstić information content (AvgIpc) is 3.04. The van der Waals surface area contributed by atoms with Gasteiger partial charge in [-0.2, -0.15) is 13.4 Å². The molecular weight excluding hydrogens is 380 g/mol. The molecule has 1 unspecified atom stereocenters. The van der Waals surface area contributed by atoms with Gasteiger partial charge in [0.25, 0.3) is 15.2 Å². The summed E-state index contributed by atoms with van der Waals surface area (Å²) in [5.41, 5.74) is 0.858. The Morgan fingerprint density at radius 3 is 2.83 bits per heavy atom. The maximum atomic E-state index is 12.5. The van der Waals surface area contributed by atoms with Crippen molar-refractivity contribution >= 4 is 54.8 Å². The van der Waals surface area contributed by atoms with Crippen molar-refractivity contribution in [3.63, 3.8) is 0 Å². The molecule has 23 heavy (non-hydrogen) atoms. The maximum Gasteiger partial charge on any atom is 0.299 e. The summed E-state index contributed by atoms with van der Waals surface area (Å²) in [6, 6.07) is 4.66. The Kier molecular flexibility index (Phi) is 4.27. The van der Waals surface area contributed by atoms with E-state index in [-0.39, 0.29) is 15.9 Å². The lowest BCUT2D eigenvalue weighted by molar-refractivity contribution is 0.591. The summed E-state index contributed by atoms with van der Waals surface area (Å²) in [6.45, 7) is 1.80. The van der Waals surface area contributed by atoms with Crippen LogP contribution in [-0.4, -0.2) is 33.8 Å². The van der Waals surface area contributed by atoms with E-state index in [0.717, 1.165) is 5.69 Å². The normalized spacial score (nSPS) is 13.4. The number of hydrogen-bond acceptors (Lipinski definition) is 6. The van der Waals surface area contributed by atoms with Crippen LogP contribution in [0, 0.1) is 6.92 Å². The predicted molar refractivity (Wildman–Crippen MR) is 90.2 cm³/mol. The summed E-state index contributed by atoms with van der Waals surface area (Å²) in [7, 11) is -4.05. The smallest absolute Gasteiger partial charge is 0.299 e. The van der Waals surface area contributed by atoms with Gasteiger partial charge >= 0.3 is 0 Å². The SMILES string of the molecule is Cc1csc2nc(S(=O)(=O)Nc3c(Cl)cccc3[S+](C)[O-])nn12. The summed E-state index contributed by atoms with van der Waals surface area (Å²) in [4.78, 5) is 4.77. The van der Waals surface area contributed by atoms with Crippen LogP contribution >= 0.6 is 22.9 Å². The van der Waals surface area contributed by atoms with Crippen molar-refractivity contribution in [2.24, 2.45) is 0 Å². The number of rotatable bonds is 4. The molecule has 0 fully saturated rings. The van der Waals surface area contributed by atoms with Gasteiger partial charge in [0, 0.05) is 5.38 Å². The quantitative estimate of drug-likeness (QED) is 0.689. The van der Waals surface area contributed by atoms with Crippen molar-refractivity contribution in [1.82, 2.24) is 14.6 Å². The van der Waals surface area contributed by atoms with Gasteiger partial charge in [-0.3, -0.25) is 4.72 Å². The molecular formula is C12H11ClN4O3S3. The highest BCUT2D eigenvalue weighted by Gasteiger charge is 2.26. The second-order valence-corrected chi connectivity index (χ2v) is 8.81. The molecule has 3 aromatic rings. The van der Waals surface area contributed by atoms with E-state index < -0.39 is 21.2 Å². The first-order chi connectivity index (χ1) is 10.8. The van der Waals surface area contributed by atoms with Crippen LogP contribution in [0.1, 0.15) is 5.69 Å². The molecule has 0 saturated heterocycles. The first-order valence-electron chi connectivity index (χ1n) is 6.25. The van der Waals surface area contributed by atoms with E-state index in [0.29, 0.717) is 9.86 Å². The minimum Gasteiger partial charge on any atom is -0.612 e. The van der Waals surface area contributed by atoms with E-state index in [2.05, 4.69) is 14.8 Å². The van der Waals surface area contributed by atoms with Crippen molar-refractivity contribution in [3.8, 4) is 0 Å². The van der Waals surface area contributed by atoms with Crippen LogP contribution in [0.25, 0.3) is 4.96 Å². The molecule has 2 aromatic heterocycles. The van der Waals surface area contributed by atoms with Crippen LogP contribution < -0.4 is 4.72 Å². The van der Waals surface area contributed by atoms with Gasteiger partial charge in [0.15, 0.2) is 4.90 Å². The zero-order valence-electron chi connectivity index (χ0n) is 12.0. The molecule has 0 aliphatic rings. The number of nitrogens with one attached hydrogen (secondary N) is 1. The highest BCUT2D eigenvalue weighted by atomic mass is 35.5. The largest absolute Gasteiger partial charge is 0.612 e. The van der Waals surface area contributed by atoms with Gasteiger partial charge in [-0.15, -0.1) is 16.4 Å². The summed E-state index contributed by atoms with van der Waals surface area (Å²) in [6.07, 6.45) is 1.44. The van der Waals surface area contributed by atoms with Crippen molar-refractivity contribution in [2.75, 3.05) is 11.0 Å². The Bertz CT molecular complexity index is 981. The fraction of sp³-hybridized carbons (Fsp3) is 0.167. The topological polar surface area (TPSA) is 99.4 Å². The number of sulfonamides is 1. The molecule has 0 spiro atoms. The standard InChI is InChI=1S/C12H11ClN4O3S3/c1-7-6-21-12-14-11(15-17(7)12)23(19,20)16-10-8(13)4-3-5-9(10)22(2)18/h3-6,16H,1-2H3.